The van der Waals surface area contributed by atoms with E-state index in [2.05, 4.69) is 79.8 Å². The normalized spacial score (nSPS) is 13.0. The predicted molar refractivity (Wildman–Crippen MR) is 131 cm³/mol. The van der Waals surface area contributed by atoms with E-state index in [1.54, 1.807) is 18.0 Å². The van der Waals surface area contributed by atoms with Crippen molar-refractivity contribution in [2.45, 2.75) is 10.1 Å². The van der Waals surface area contributed by atoms with Crippen molar-refractivity contribution in [3.8, 4) is 11.1 Å². The summed E-state index contributed by atoms with van der Waals surface area (Å²) in [4.78, 5) is 6.88. The van der Waals surface area contributed by atoms with E-state index >= 15 is 0 Å². The molecule has 0 fully saturated rings. The summed E-state index contributed by atoms with van der Waals surface area (Å²) in [6, 6.07) is 8.12. The Morgan fingerprint density at radius 1 is 0.852 bits per heavy atom. The van der Waals surface area contributed by atoms with Gasteiger partial charge in [-0.25, -0.2) is 0 Å². The zero-order valence-electron chi connectivity index (χ0n) is 14.0. The minimum Gasteiger partial charge on any atom is -0.349 e. The van der Waals surface area contributed by atoms with Crippen molar-refractivity contribution < 1.29 is 4.21 Å². The molecule has 27 heavy (non-hydrogen) atoms. The second-order valence-corrected chi connectivity index (χ2v) is 11.6. The van der Waals surface area contributed by atoms with Crippen LogP contribution in [-0.2, 0) is 10.8 Å². The zero-order chi connectivity index (χ0) is 19.5. The van der Waals surface area contributed by atoms with E-state index in [1.165, 1.54) is 0 Å². The molecular formula is C18H12Br4N2OS2. The van der Waals surface area contributed by atoms with Crippen molar-refractivity contribution in [3.63, 3.8) is 0 Å². The first-order valence-corrected chi connectivity index (χ1v) is 13.7. The summed E-state index contributed by atoms with van der Waals surface area (Å²) in [7, 11) is -1.18. The van der Waals surface area contributed by atoms with E-state index in [1.807, 2.05) is 24.5 Å². The highest BCUT2D eigenvalue weighted by atomic mass is 79.9. The Balaban J connectivity index is 2.24. The lowest BCUT2D eigenvalue weighted by Crippen LogP contribution is -1.91. The number of fused-ring (bicyclic) bond motifs is 2. The fraction of sp³-hybridized carbons (Fsp3) is 0.111. The molecule has 140 valence electrons. The number of benzene rings is 2. The first kappa shape index (κ1) is 20.2. The monoisotopic (exact) mass is 652 g/mol. The molecule has 0 unspecified atom stereocenters. The van der Waals surface area contributed by atoms with Crippen LogP contribution < -0.4 is 0 Å². The Bertz CT molecular complexity index is 1250. The quantitative estimate of drug-likeness (QED) is 0.221. The van der Waals surface area contributed by atoms with Crippen molar-refractivity contribution in [2.24, 2.45) is 0 Å². The summed E-state index contributed by atoms with van der Waals surface area (Å²) in [5.41, 5.74) is 3.97. The maximum absolute atomic E-state index is 12.6. The van der Waals surface area contributed by atoms with Crippen LogP contribution in [0.25, 0.3) is 32.9 Å². The van der Waals surface area contributed by atoms with Crippen LogP contribution in [0.15, 0.2) is 52.2 Å². The van der Waals surface area contributed by atoms with E-state index in [9.17, 15) is 4.21 Å². The number of aromatic amines is 2. The SMILES string of the molecule is CSc1[nH]c2cc(Br)cc(Br)c2c1-c1c([S@@](C)=O)[nH]c2cc(Br)cc(Br)c12. The van der Waals surface area contributed by atoms with E-state index in [0.29, 0.717) is 0 Å². The first-order valence-electron chi connectivity index (χ1n) is 7.71. The highest BCUT2D eigenvalue weighted by Crippen LogP contribution is 2.48. The maximum Gasteiger partial charge on any atom is 0.112 e. The van der Waals surface area contributed by atoms with Gasteiger partial charge in [-0.05, 0) is 30.5 Å². The van der Waals surface area contributed by atoms with Crippen molar-refractivity contribution in [1.29, 1.82) is 0 Å². The molecule has 0 amide bonds. The van der Waals surface area contributed by atoms with Crippen molar-refractivity contribution in [3.05, 3.63) is 42.2 Å². The van der Waals surface area contributed by atoms with Crippen molar-refractivity contribution >= 4 is 108 Å². The van der Waals surface area contributed by atoms with Gasteiger partial charge in [0.2, 0.25) is 0 Å². The average Bonchev–Trinajstić information content (AvgIpc) is 3.12. The van der Waals surface area contributed by atoms with Crippen LogP contribution in [0.4, 0.5) is 0 Å². The smallest absolute Gasteiger partial charge is 0.112 e. The molecule has 0 aliphatic heterocycles. The molecule has 4 rings (SSSR count). The molecule has 2 aromatic carbocycles. The second-order valence-electron chi connectivity index (χ2n) is 5.94. The Kier molecular flexibility index (Phi) is 5.73. The second kappa shape index (κ2) is 7.65. The van der Waals surface area contributed by atoms with Gasteiger partial charge in [-0.3, -0.25) is 4.21 Å². The van der Waals surface area contributed by atoms with E-state index < -0.39 is 10.8 Å². The Labute approximate surface area is 196 Å². The first-order chi connectivity index (χ1) is 12.8. The number of hydrogen-bond donors (Lipinski definition) is 2. The number of thioether (sulfide) groups is 1. The summed E-state index contributed by atoms with van der Waals surface area (Å²) < 4.78 is 16.5. The molecule has 0 spiro atoms. The third-order valence-electron chi connectivity index (χ3n) is 4.30. The van der Waals surface area contributed by atoms with Gasteiger partial charge in [0, 0.05) is 57.1 Å². The molecule has 2 heterocycles. The van der Waals surface area contributed by atoms with Gasteiger partial charge in [0.25, 0.3) is 0 Å². The highest BCUT2D eigenvalue weighted by Gasteiger charge is 2.25. The van der Waals surface area contributed by atoms with Crippen LogP contribution in [0.2, 0.25) is 0 Å². The van der Waals surface area contributed by atoms with Gasteiger partial charge < -0.3 is 9.97 Å². The molecule has 0 saturated carbocycles. The zero-order valence-corrected chi connectivity index (χ0v) is 22.0. The van der Waals surface area contributed by atoms with E-state index in [0.717, 1.165) is 60.9 Å². The molecule has 0 bridgehead atoms. The maximum atomic E-state index is 12.6. The van der Waals surface area contributed by atoms with Crippen LogP contribution in [0, 0.1) is 0 Å². The molecule has 0 saturated heterocycles. The van der Waals surface area contributed by atoms with E-state index in [4.69, 9.17) is 0 Å². The summed E-state index contributed by atoms with van der Waals surface area (Å²) in [6.07, 6.45) is 3.75. The summed E-state index contributed by atoms with van der Waals surface area (Å²) in [5, 5.41) is 3.85. The van der Waals surface area contributed by atoms with Gasteiger partial charge in [0.15, 0.2) is 0 Å². The van der Waals surface area contributed by atoms with Crippen LogP contribution in [0.5, 0.6) is 0 Å². The Morgan fingerprint density at radius 2 is 1.37 bits per heavy atom. The highest BCUT2D eigenvalue weighted by molar-refractivity contribution is 9.11. The minimum absolute atomic E-state index is 0.717. The Hall–Kier alpha value is -0.0600. The van der Waals surface area contributed by atoms with E-state index in [-0.39, 0.29) is 0 Å². The number of halogens is 4. The van der Waals surface area contributed by atoms with Gasteiger partial charge in [0.05, 0.1) is 15.8 Å². The Morgan fingerprint density at radius 3 is 1.89 bits per heavy atom. The largest absolute Gasteiger partial charge is 0.349 e. The molecule has 0 aliphatic carbocycles. The van der Waals surface area contributed by atoms with Gasteiger partial charge >= 0.3 is 0 Å². The number of H-pyrrole nitrogens is 2. The standard InChI is InChI=1S/C18H12Br4N2OS2/c1-26-17-15(13-9(21)3-7(19)5-11(13)23-17)16-14-10(22)4-8(20)6-12(14)24-18(16)27(2)25/h3-6,23-24H,1-2H3/t27-/m1/s1. The lowest BCUT2D eigenvalue weighted by Gasteiger charge is -2.07. The molecule has 2 N–H and O–H groups in total. The molecule has 1 atom stereocenters. The van der Waals surface area contributed by atoms with Gasteiger partial charge in [-0.15, -0.1) is 11.8 Å². The fourth-order valence-corrected chi connectivity index (χ4v) is 7.51. The van der Waals surface area contributed by atoms with Crippen molar-refractivity contribution in [1.82, 2.24) is 9.97 Å². The molecule has 0 aliphatic rings. The number of nitrogens with one attached hydrogen (secondary N) is 2. The molecule has 2 aromatic heterocycles. The minimum atomic E-state index is -1.18. The average molecular weight is 656 g/mol. The summed E-state index contributed by atoms with van der Waals surface area (Å²) in [5.74, 6) is 0. The number of aromatic nitrogens is 2. The summed E-state index contributed by atoms with van der Waals surface area (Å²) >= 11 is 16.2. The van der Waals surface area contributed by atoms with Crippen LogP contribution in [0.1, 0.15) is 0 Å². The number of hydrogen-bond acceptors (Lipinski definition) is 2. The summed E-state index contributed by atoms with van der Waals surface area (Å²) in [6.45, 7) is 0. The topological polar surface area (TPSA) is 48.6 Å². The third kappa shape index (κ3) is 3.42. The fourth-order valence-electron chi connectivity index (χ4n) is 3.29. The molecule has 3 nitrogen and oxygen atoms in total. The lowest BCUT2D eigenvalue weighted by atomic mass is 10.0. The van der Waals surface area contributed by atoms with Crippen LogP contribution in [-0.4, -0.2) is 26.7 Å². The lowest BCUT2D eigenvalue weighted by molar-refractivity contribution is 0.685. The molecular weight excluding hydrogens is 644 g/mol. The predicted octanol–water partition coefficient (Wildman–Crippen LogP) is 7.83. The molecule has 4 aromatic rings. The molecule has 9 heteroatoms. The number of rotatable bonds is 3. The van der Waals surface area contributed by atoms with Crippen LogP contribution >= 0.6 is 75.5 Å². The van der Waals surface area contributed by atoms with Gasteiger partial charge in [-0.1, -0.05) is 63.7 Å². The van der Waals surface area contributed by atoms with Crippen LogP contribution in [0.3, 0.4) is 0 Å². The third-order valence-corrected chi connectivity index (χ3v) is 8.06. The molecule has 0 radical (unpaired) electrons. The van der Waals surface area contributed by atoms with Gasteiger partial charge in [0.1, 0.15) is 5.03 Å². The van der Waals surface area contributed by atoms with Gasteiger partial charge in [-0.2, -0.15) is 0 Å². The van der Waals surface area contributed by atoms with Crippen molar-refractivity contribution in [2.75, 3.05) is 12.5 Å².